The van der Waals surface area contributed by atoms with E-state index in [0.717, 1.165) is 19.1 Å². The molecule has 1 aliphatic carbocycles. The van der Waals surface area contributed by atoms with Crippen molar-refractivity contribution in [3.63, 3.8) is 0 Å². The van der Waals surface area contributed by atoms with Crippen LogP contribution < -0.4 is 10.6 Å². The first-order valence-electron chi connectivity index (χ1n) is 6.88. The Balaban J connectivity index is 1.68. The molecule has 0 aromatic rings. The molecule has 3 heteroatoms. The third-order valence-corrected chi connectivity index (χ3v) is 4.25. The second-order valence-corrected chi connectivity index (χ2v) is 5.88. The standard InChI is InChI=1S/C13H27N3/c1-13(2,16-10-8-14-9-11-16)6-7-15-12-4-3-5-12/h12,14-15H,3-11H2,1-2H3. The zero-order valence-corrected chi connectivity index (χ0v) is 10.9. The van der Waals surface area contributed by atoms with Crippen molar-refractivity contribution in [1.82, 2.24) is 15.5 Å². The van der Waals surface area contributed by atoms with Crippen LogP contribution in [0.25, 0.3) is 0 Å². The van der Waals surface area contributed by atoms with Crippen LogP contribution in [0.4, 0.5) is 0 Å². The monoisotopic (exact) mass is 225 g/mol. The van der Waals surface area contributed by atoms with E-state index < -0.39 is 0 Å². The lowest BCUT2D eigenvalue weighted by Gasteiger charge is -2.42. The minimum Gasteiger partial charge on any atom is -0.314 e. The van der Waals surface area contributed by atoms with Gasteiger partial charge < -0.3 is 10.6 Å². The normalized spacial score (nSPS) is 24.4. The molecule has 0 bridgehead atoms. The second kappa shape index (κ2) is 5.48. The van der Waals surface area contributed by atoms with Crippen LogP contribution in [0.15, 0.2) is 0 Å². The molecule has 0 spiro atoms. The van der Waals surface area contributed by atoms with Gasteiger partial charge in [0.15, 0.2) is 0 Å². The minimum absolute atomic E-state index is 0.360. The van der Waals surface area contributed by atoms with Crippen LogP contribution in [0.3, 0.4) is 0 Å². The molecule has 2 fully saturated rings. The predicted molar refractivity (Wildman–Crippen MR) is 68.8 cm³/mol. The van der Waals surface area contributed by atoms with Gasteiger partial charge in [-0.15, -0.1) is 0 Å². The fourth-order valence-electron chi connectivity index (χ4n) is 2.62. The van der Waals surface area contributed by atoms with Gasteiger partial charge in [-0.05, 0) is 39.7 Å². The van der Waals surface area contributed by atoms with E-state index in [1.807, 2.05) is 0 Å². The Morgan fingerprint density at radius 2 is 1.94 bits per heavy atom. The molecule has 16 heavy (non-hydrogen) atoms. The van der Waals surface area contributed by atoms with Gasteiger partial charge in [0.05, 0.1) is 0 Å². The summed E-state index contributed by atoms with van der Waals surface area (Å²) in [6, 6.07) is 0.832. The molecule has 0 aromatic carbocycles. The third kappa shape index (κ3) is 3.19. The maximum absolute atomic E-state index is 3.67. The molecule has 2 N–H and O–H groups in total. The number of hydrogen-bond donors (Lipinski definition) is 2. The fourth-order valence-corrected chi connectivity index (χ4v) is 2.62. The quantitative estimate of drug-likeness (QED) is 0.736. The first-order valence-corrected chi connectivity index (χ1v) is 6.88. The van der Waals surface area contributed by atoms with Crippen molar-refractivity contribution >= 4 is 0 Å². The van der Waals surface area contributed by atoms with Crippen LogP contribution in [-0.4, -0.2) is 49.2 Å². The Labute approximate surface area is 100.0 Å². The lowest BCUT2D eigenvalue weighted by molar-refractivity contribution is 0.0938. The van der Waals surface area contributed by atoms with Crippen LogP contribution in [0, 0.1) is 0 Å². The van der Waals surface area contributed by atoms with Crippen LogP contribution in [0.5, 0.6) is 0 Å². The van der Waals surface area contributed by atoms with Gasteiger partial charge in [-0.25, -0.2) is 0 Å². The highest BCUT2D eigenvalue weighted by atomic mass is 15.2. The third-order valence-electron chi connectivity index (χ3n) is 4.25. The molecule has 94 valence electrons. The summed E-state index contributed by atoms with van der Waals surface area (Å²) in [5.41, 5.74) is 0.360. The van der Waals surface area contributed by atoms with E-state index in [1.165, 1.54) is 45.3 Å². The summed E-state index contributed by atoms with van der Waals surface area (Å²) in [5, 5.41) is 7.09. The Morgan fingerprint density at radius 3 is 2.50 bits per heavy atom. The smallest absolute Gasteiger partial charge is 0.0166 e. The lowest BCUT2D eigenvalue weighted by Crippen LogP contribution is -2.54. The average molecular weight is 225 g/mol. The van der Waals surface area contributed by atoms with E-state index in [2.05, 4.69) is 29.4 Å². The maximum atomic E-state index is 3.67. The highest BCUT2D eigenvalue weighted by Gasteiger charge is 2.27. The van der Waals surface area contributed by atoms with Gasteiger partial charge in [-0.2, -0.15) is 0 Å². The summed E-state index contributed by atoms with van der Waals surface area (Å²) in [5.74, 6) is 0. The molecule has 1 saturated carbocycles. The van der Waals surface area contributed by atoms with Crippen LogP contribution in [-0.2, 0) is 0 Å². The zero-order chi connectivity index (χ0) is 11.4. The van der Waals surface area contributed by atoms with Crippen molar-refractivity contribution in [2.24, 2.45) is 0 Å². The summed E-state index contributed by atoms with van der Waals surface area (Å²) in [6.45, 7) is 10.7. The van der Waals surface area contributed by atoms with Gasteiger partial charge in [0, 0.05) is 37.8 Å². The fraction of sp³-hybridized carbons (Fsp3) is 1.00. The topological polar surface area (TPSA) is 27.3 Å². The maximum Gasteiger partial charge on any atom is 0.0166 e. The molecule has 2 rings (SSSR count). The van der Waals surface area contributed by atoms with E-state index in [0.29, 0.717) is 5.54 Å². The van der Waals surface area contributed by atoms with Gasteiger partial charge >= 0.3 is 0 Å². The number of piperazine rings is 1. The Kier molecular flexibility index (Phi) is 4.22. The largest absolute Gasteiger partial charge is 0.314 e. The van der Waals surface area contributed by atoms with Gasteiger partial charge in [-0.3, -0.25) is 4.90 Å². The SMILES string of the molecule is CC(C)(CCNC1CCC1)N1CCNCC1. The van der Waals surface area contributed by atoms with Gasteiger partial charge in [0.2, 0.25) is 0 Å². The first kappa shape index (κ1) is 12.3. The highest BCUT2D eigenvalue weighted by Crippen LogP contribution is 2.21. The van der Waals surface area contributed by atoms with Crippen LogP contribution >= 0.6 is 0 Å². The average Bonchev–Trinajstić information content (AvgIpc) is 2.23. The summed E-state index contributed by atoms with van der Waals surface area (Å²) < 4.78 is 0. The predicted octanol–water partition coefficient (Wildman–Crippen LogP) is 1.20. The summed E-state index contributed by atoms with van der Waals surface area (Å²) >= 11 is 0. The molecule has 0 aromatic heterocycles. The summed E-state index contributed by atoms with van der Waals surface area (Å²) in [6.07, 6.45) is 5.49. The second-order valence-electron chi connectivity index (χ2n) is 5.88. The Morgan fingerprint density at radius 1 is 1.25 bits per heavy atom. The van der Waals surface area contributed by atoms with Gasteiger partial charge in [0.25, 0.3) is 0 Å². The number of nitrogens with zero attached hydrogens (tertiary/aromatic N) is 1. The molecular weight excluding hydrogens is 198 g/mol. The number of hydrogen-bond acceptors (Lipinski definition) is 3. The van der Waals surface area contributed by atoms with E-state index in [-0.39, 0.29) is 0 Å². The van der Waals surface area contributed by atoms with Crippen molar-refractivity contribution in [2.45, 2.75) is 51.1 Å². The lowest BCUT2D eigenvalue weighted by atomic mass is 9.92. The van der Waals surface area contributed by atoms with Gasteiger partial charge in [0.1, 0.15) is 0 Å². The van der Waals surface area contributed by atoms with E-state index in [1.54, 1.807) is 0 Å². The Hall–Kier alpha value is -0.120. The molecule has 0 radical (unpaired) electrons. The van der Waals surface area contributed by atoms with Crippen molar-refractivity contribution in [3.8, 4) is 0 Å². The molecule has 0 amide bonds. The molecule has 1 aliphatic heterocycles. The molecule has 1 saturated heterocycles. The number of rotatable bonds is 5. The minimum atomic E-state index is 0.360. The molecule has 0 unspecified atom stereocenters. The van der Waals surface area contributed by atoms with Crippen molar-refractivity contribution in [2.75, 3.05) is 32.7 Å². The molecule has 2 aliphatic rings. The van der Waals surface area contributed by atoms with Crippen molar-refractivity contribution < 1.29 is 0 Å². The van der Waals surface area contributed by atoms with Gasteiger partial charge in [-0.1, -0.05) is 6.42 Å². The highest BCUT2D eigenvalue weighted by molar-refractivity contribution is 4.86. The van der Waals surface area contributed by atoms with E-state index in [4.69, 9.17) is 0 Å². The van der Waals surface area contributed by atoms with Crippen molar-refractivity contribution in [3.05, 3.63) is 0 Å². The summed E-state index contributed by atoms with van der Waals surface area (Å²) in [7, 11) is 0. The molecule has 3 nitrogen and oxygen atoms in total. The zero-order valence-electron chi connectivity index (χ0n) is 10.9. The number of nitrogens with one attached hydrogen (secondary N) is 2. The van der Waals surface area contributed by atoms with Crippen molar-refractivity contribution in [1.29, 1.82) is 0 Å². The van der Waals surface area contributed by atoms with Crippen LogP contribution in [0.2, 0.25) is 0 Å². The Bertz CT molecular complexity index is 205. The summed E-state index contributed by atoms with van der Waals surface area (Å²) in [4.78, 5) is 2.63. The van der Waals surface area contributed by atoms with Crippen LogP contribution in [0.1, 0.15) is 39.5 Å². The van der Waals surface area contributed by atoms with E-state index in [9.17, 15) is 0 Å². The first-order chi connectivity index (χ1) is 7.68. The molecule has 0 atom stereocenters. The van der Waals surface area contributed by atoms with E-state index >= 15 is 0 Å². The molecular formula is C13H27N3. The molecule has 1 heterocycles.